The normalized spacial score (nSPS) is 23.1. The minimum Gasteiger partial charge on any atom is -0.351 e. The van der Waals surface area contributed by atoms with Gasteiger partial charge in [0, 0.05) is 17.2 Å². The number of anilines is 1. The zero-order valence-corrected chi connectivity index (χ0v) is 16.8. The largest absolute Gasteiger partial charge is 0.351 e. The van der Waals surface area contributed by atoms with Gasteiger partial charge in [0.25, 0.3) is 0 Å². The topological polar surface area (TPSA) is 67.9 Å². The smallest absolute Gasteiger partial charge is 0.185 e. The molecule has 0 saturated carbocycles. The molecule has 2 aliphatic heterocycles. The summed E-state index contributed by atoms with van der Waals surface area (Å²) in [4.78, 5) is 15.9. The van der Waals surface area contributed by atoms with Gasteiger partial charge in [0.15, 0.2) is 11.2 Å². The summed E-state index contributed by atoms with van der Waals surface area (Å²) in [6, 6.07) is 22.4. The van der Waals surface area contributed by atoms with E-state index >= 15 is 0 Å². The number of nitrogens with zero attached hydrogens (tertiary/aromatic N) is 3. The van der Waals surface area contributed by atoms with E-state index in [9.17, 15) is 15.3 Å². The molecule has 3 atom stereocenters. The number of fused-ring (bicyclic) bond motifs is 3. The fourth-order valence-corrected chi connectivity index (χ4v) is 5.53. The van der Waals surface area contributed by atoms with Crippen molar-refractivity contribution in [1.82, 2.24) is 0 Å². The summed E-state index contributed by atoms with van der Waals surface area (Å²) in [7, 11) is 0. The highest BCUT2D eigenvalue weighted by Crippen LogP contribution is 2.55. The van der Waals surface area contributed by atoms with E-state index in [-0.39, 0.29) is 5.78 Å². The van der Waals surface area contributed by atoms with Gasteiger partial charge in [-0.1, -0.05) is 60.7 Å². The Labute approximate surface area is 178 Å². The van der Waals surface area contributed by atoms with Gasteiger partial charge in [-0.05, 0) is 34.0 Å². The van der Waals surface area contributed by atoms with Crippen LogP contribution in [0.1, 0.15) is 27.4 Å². The third-order valence-corrected chi connectivity index (χ3v) is 6.85. The van der Waals surface area contributed by atoms with Crippen LogP contribution >= 0.6 is 11.3 Å². The molecule has 144 valence electrons. The molecule has 1 aromatic heterocycles. The molecule has 5 rings (SSSR count). The maximum Gasteiger partial charge on any atom is 0.185 e. The first-order valence-corrected chi connectivity index (χ1v) is 10.6. The second-order valence-electron chi connectivity index (χ2n) is 7.57. The predicted molar refractivity (Wildman–Crippen MR) is 117 cm³/mol. The maximum atomic E-state index is 13.9. The Hall–Kier alpha value is -3.67. The van der Waals surface area contributed by atoms with Crippen LogP contribution in [0, 0.1) is 28.1 Å². The minimum absolute atomic E-state index is 0.0747. The molecule has 5 heteroatoms. The van der Waals surface area contributed by atoms with Gasteiger partial charge in [-0.2, -0.15) is 21.9 Å². The molecule has 1 saturated heterocycles. The number of carbonyl (C=O) groups excluding carboxylic acids is 1. The number of rotatable bonds is 3. The molecule has 0 radical (unpaired) electrons. The SMILES string of the molecule is N#CC1(C#N)[C@H](c2ccsc2)[C@@H](C(=O)c2ccccc2)N2c3ccccc3C=C[C@H]21. The van der Waals surface area contributed by atoms with Crippen molar-refractivity contribution in [3.63, 3.8) is 0 Å². The molecule has 1 fully saturated rings. The lowest BCUT2D eigenvalue weighted by atomic mass is 9.69. The average Bonchev–Trinajstić information content (AvgIpc) is 3.43. The summed E-state index contributed by atoms with van der Waals surface area (Å²) in [6.07, 6.45) is 3.87. The lowest BCUT2D eigenvalue weighted by Gasteiger charge is -2.35. The van der Waals surface area contributed by atoms with Crippen molar-refractivity contribution >= 4 is 28.9 Å². The molecule has 0 spiro atoms. The van der Waals surface area contributed by atoms with Crippen LogP contribution in [0.3, 0.4) is 0 Å². The third-order valence-electron chi connectivity index (χ3n) is 6.14. The molecule has 4 nitrogen and oxygen atoms in total. The number of Topliss-reactive ketones (excluding diaryl/α,β-unsaturated/α-hetero) is 1. The minimum atomic E-state index is -1.37. The zero-order chi connectivity index (χ0) is 20.7. The van der Waals surface area contributed by atoms with Gasteiger partial charge in [-0.15, -0.1) is 0 Å². The Bertz CT molecular complexity index is 1200. The van der Waals surface area contributed by atoms with Crippen LogP contribution in [0.2, 0.25) is 0 Å². The van der Waals surface area contributed by atoms with E-state index in [2.05, 4.69) is 12.1 Å². The number of hydrogen-bond acceptors (Lipinski definition) is 5. The van der Waals surface area contributed by atoms with Crippen LogP contribution in [0.15, 0.2) is 77.5 Å². The van der Waals surface area contributed by atoms with Gasteiger partial charge in [0.2, 0.25) is 0 Å². The van der Waals surface area contributed by atoms with Crippen molar-refractivity contribution in [2.45, 2.75) is 18.0 Å². The fraction of sp³-hybridized carbons (Fsp3) is 0.160. The van der Waals surface area contributed by atoms with Crippen molar-refractivity contribution in [1.29, 1.82) is 10.5 Å². The van der Waals surface area contributed by atoms with Crippen molar-refractivity contribution in [3.05, 3.63) is 94.2 Å². The summed E-state index contributed by atoms with van der Waals surface area (Å²) in [5.41, 5.74) is 1.93. The molecule has 0 amide bonds. The molecule has 3 heterocycles. The third kappa shape index (κ3) is 2.46. The molecular formula is C25H17N3OS. The summed E-state index contributed by atoms with van der Waals surface area (Å²) in [6.45, 7) is 0. The maximum absolute atomic E-state index is 13.9. The van der Waals surface area contributed by atoms with Crippen molar-refractivity contribution in [2.75, 3.05) is 4.90 Å². The number of ketones is 1. The Balaban J connectivity index is 1.78. The monoisotopic (exact) mass is 407 g/mol. The Morgan fingerprint density at radius 3 is 2.43 bits per heavy atom. The molecule has 0 unspecified atom stereocenters. The standard InChI is InChI=1S/C25H17N3OS/c26-15-25(16-27)21-11-10-17-6-4-5-9-20(17)28(21)23(22(25)19-12-13-30-14-19)24(29)18-7-2-1-3-8-18/h1-14,21-23H/t21-,22+,23-/m0/s1. The fourth-order valence-electron chi connectivity index (χ4n) is 4.83. The van der Waals surface area contributed by atoms with E-state index in [0.717, 1.165) is 16.8 Å². The van der Waals surface area contributed by atoms with Crippen LogP contribution in [0.5, 0.6) is 0 Å². The quantitative estimate of drug-likeness (QED) is 0.571. The highest BCUT2D eigenvalue weighted by atomic mass is 32.1. The zero-order valence-electron chi connectivity index (χ0n) is 16.0. The van der Waals surface area contributed by atoms with E-state index in [1.807, 2.05) is 76.3 Å². The van der Waals surface area contributed by atoms with E-state index in [1.165, 1.54) is 11.3 Å². The summed E-state index contributed by atoms with van der Waals surface area (Å²) in [5, 5.41) is 24.5. The molecule has 3 aromatic rings. The van der Waals surface area contributed by atoms with Gasteiger partial charge < -0.3 is 4.90 Å². The van der Waals surface area contributed by atoms with Crippen LogP contribution < -0.4 is 4.90 Å². The summed E-state index contributed by atoms with van der Waals surface area (Å²) >= 11 is 1.51. The van der Waals surface area contributed by atoms with Crippen LogP contribution in [0.4, 0.5) is 5.69 Å². The Morgan fingerprint density at radius 2 is 1.73 bits per heavy atom. The van der Waals surface area contributed by atoms with Crippen LogP contribution in [-0.2, 0) is 0 Å². The average molecular weight is 407 g/mol. The van der Waals surface area contributed by atoms with Crippen molar-refractivity contribution < 1.29 is 4.79 Å². The molecule has 0 aliphatic carbocycles. The second kappa shape index (κ2) is 6.99. The lowest BCUT2D eigenvalue weighted by Crippen LogP contribution is -2.44. The van der Waals surface area contributed by atoms with Gasteiger partial charge in [0.1, 0.15) is 6.04 Å². The van der Waals surface area contributed by atoms with E-state index in [1.54, 1.807) is 12.1 Å². The molecule has 0 bridgehead atoms. The highest BCUT2D eigenvalue weighted by molar-refractivity contribution is 7.08. The molecule has 0 N–H and O–H groups in total. The van der Waals surface area contributed by atoms with Gasteiger partial charge >= 0.3 is 0 Å². The number of para-hydroxylation sites is 1. The van der Waals surface area contributed by atoms with Crippen LogP contribution in [0.25, 0.3) is 6.08 Å². The Kier molecular flexibility index (Phi) is 4.28. The van der Waals surface area contributed by atoms with Gasteiger partial charge in [-0.3, -0.25) is 4.79 Å². The second-order valence-corrected chi connectivity index (χ2v) is 8.35. The Morgan fingerprint density at radius 1 is 1.00 bits per heavy atom. The first kappa shape index (κ1) is 18.4. The van der Waals surface area contributed by atoms with Crippen LogP contribution in [-0.4, -0.2) is 17.9 Å². The summed E-state index contributed by atoms with van der Waals surface area (Å²) in [5.74, 6) is -0.637. The van der Waals surface area contributed by atoms with Gasteiger partial charge in [0.05, 0.1) is 18.2 Å². The van der Waals surface area contributed by atoms with Gasteiger partial charge in [-0.25, -0.2) is 0 Å². The molecule has 30 heavy (non-hydrogen) atoms. The first-order valence-electron chi connectivity index (χ1n) is 9.70. The first-order chi connectivity index (χ1) is 14.7. The molecule has 2 aliphatic rings. The number of carbonyl (C=O) groups is 1. The van der Waals surface area contributed by atoms with E-state index < -0.39 is 23.4 Å². The number of benzene rings is 2. The van der Waals surface area contributed by atoms with Crippen molar-refractivity contribution in [2.24, 2.45) is 5.41 Å². The lowest BCUT2D eigenvalue weighted by molar-refractivity contribution is 0.0951. The highest BCUT2D eigenvalue weighted by Gasteiger charge is 2.63. The van der Waals surface area contributed by atoms with E-state index in [0.29, 0.717) is 5.56 Å². The number of thiophene rings is 1. The number of nitriles is 2. The molecule has 2 aromatic carbocycles. The summed E-state index contributed by atoms with van der Waals surface area (Å²) < 4.78 is 0. The van der Waals surface area contributed by atoms with E-state index in [4.69, 9.17) is 0 Å². The number of hydrogen-bond donors (Lipinski definition) is 0. The predicted octanol–water partition coefficient (Wildman–Crippen LogP) is 5.03. The molecular weight excluding hydrogens is 390 g/mol. The van der Waals surface area contributed by atoms with Crippen molar-refractivity contribution in [3.8, 4) is 12.1 Å².